The van der Waals surface area contributed by atoms with E-state index in [2.05, 4.69) is 0 Å². The molecule has 0 saturated carbocycles. The summed E-state index contributed by atoms with van der Waals surface area (Å²) in [4.78, 5) is 38.4. The van der Waals surface area contributed by atoms with Gasteiger partial charge in [0, 0.05) is 51.9 Å². The molecular weight excluding hydrogens is 385 g/mol. The molecule has 0 aliphatic carbocycles. The number of benzene rings is 1. The van der Waals surface area contributed by atoms with Crippen molar-refractivity contribution in [1.82, 2.24) is 4.90 Å². The molecule has 10 heteroatoms. The van der Waals surface area contributed by atoms with Gasteiger partial charge in [0.2, 0.25) is 5.91 Å². The molecule has 3 rings (SSSR count). The van der Waals surface area contributed by atoms with E-state index in [0.29, 0.717) is 24.3 Å². The number of carboxylic acids is 1. The molecule has 158 valence electrons. The summed E-state index contributed by atoms with van der Waals surface area (Å²) in [5, 5.41) is 8.86. The van der Waals surface area contributed by atoms with E-state index in [-0.39, 0.29) is 37.2 Å². The second-order valence-electron chi connectivity index (χ2n) is 7.25. The first kappa shape index (κ1) is 21.0. The molecule has 2 aliphatic rings. The molecule has 0 bridgehead atoms. The van der Waals surface area contributed by atoms with E-state index in [1.807, 2.05) is 4.90 Å². The minimum Gasteiger partial charge on any atom is -0.481 e. The van der Waals surface area contributed by atoms with Gasteiger partial charge in [-0.1, -0.05) is 0 Å². The zero-order valence-corrected chi connectivity index (χ0v) is 16.3. The summed E-state index contributed by atoms with van der Waals surface area (Å²) in [6.07, 6.45) is -0.785. The van der Waals surface area contributed by atoms with Gasteiger partial charge in [0.15, 0.2) is 6.29 Å². The SMILES string of the molecule is COC(OC)C1CN(c2cc(F)c3c(c2)CN(C(CCC(=O)O)C(N)=O)C3=O)C1. The van der Waals surface area contributed by atoms with Gasteiger partial charge in [-0.15, -0.1) is 0 Å². The summed E-state index contributed by atoms with van der Waals surface area (Å²) in [5.41, 5.74) is 6.34. The molecule has 0 spiro atoms. The lowest BCUT2D eigenvalue weighted by Crippen LogP contribution is -2.53. The quantitative estimate of drug-likeness (QED) is 0.571. The van der Waals surface area contributed by atoms with Crippen LogP contribution in [0, 0.1) is 11.7 Å². The van der Waals surface area contributed by atoms with Gasteiger partial charge >= 0.3 is 5.97 Å². The molecule has 3 N–H and O–H groups in total. The predicted molar refractivity (Wildman–Crippen MR) is 99.6 cm³/mol. The number of amides is 2. The molecule has 2 amide bonds. The van der Waals surface area contributed by atoms with Crippen molar-refractivity contribution in [1.29, 1.82) is 0 Å². The zero-order valence-electron chi connectivity index (χ0n) is 16.3. The van der Waals surface area contributed by atoms with Crippen molar-refractivity contribution in [2.24, 2.45) is 11.7 Å². The number of hydrogen-bond acceptors (Lipinski definition) is 6. The predicted octanol–water partition coefficient (Wildman–Crippen LogP) is 0.555. The molecule has 29 heavy (non-hydrogen) atoms. The van der Waals surface area contributed by atoms with Crippen molar-refractivity contribution in [3.63, 3.8) is 0 Å². The first-order chi connectivity index (χ1) is 13.8. The molecule has 1 saturated heterocycles. The minimum absolute atomic E-state index is 0.00217. The fraction of sp³-hybridized carbons (Fsp3) is 0.526. The number of methoxy groups -OCH3 is 2. The van der Waals surface area contributed by atoms with Gasteiger partial charge in [-0.2, -0.15) is 0 Å². The minimum atomic E-state index is -1.11. The van der Waals surface area contributed by atoms with E-state index in [1.165, 1.54) is 6.07 Å². The smallest absolute Gasteiger partial charge is 0.303 e. The molecule has 9 nitrogen and oxygen atoms in total. The van der Waals surface area contributed by atoms with Crippen LogP contribution in [0.2, 0.25) is 0 Å². The number of carbonyl (C=O) groups is 3. The second-order valence-corrected chi connectivity index (χ2v) is 7.25. The topological polar surface area (TPSA) is 122 Å². The van der Waals surface area contributed by atoms with Crippen molar-refractivity contribution >= 4 is 23.5 Å². The van der Waals surface area contributed by atoms with Gasteiger partial charge in [-0.25, -0.2) is 4.39 Å². The maximum absolute atomic E-state index is 14.7. The number of aliphatic carboxylic acids is 1. The van der Waals surface area contributed by atoms with Gasteiger partial charge < -0.3 is 30.1 Å². The van der Waals surface area contributed by atoms with Gasteiger partial charge in [0.1, 0.15) is 11.9 Å². The Kier molecular flexibility index (Phi) is 6.04. The number of carbonyl (C=O) groups excluding carboxylic acids is 2. The fourth-order valence-electron chi connectivity index (χ4n) is 3.93. The standard InChI is InChI=1S/C19H24FN3O6/c1-28-19(29-2)11-7-22(8-11)12-5-10-9-23(18(27)16(10)13(20)6-12)14(17(21)26)3-4-15(24)25/h5-6,11,14,19H,3-4,7-9H2,1-2H3,(H2,21,26)(H,24,25). The van der Waals surface area contributed by atoms with Gasteiger partial charge in [-0.05, 0) is 24.1 Å². The average Bonchev–Trinajstić information content (AvgIpc) is 2.94. The van der Waals surface area contributed by atoms with Crippen LogP contribution >= 0.6 is 0 Å². The highest BCUT2D eigenvalue weighted by molar-refractivity contribution is 6.01. The van der Waals surface area contributed by atoms with Gasteiger partial charge in [0.25, 0.3) is 5.91 Å². The van der Waals surface area contributed by atoms with Crippen LogP contribution < -0.4 is 10.6 Å². The molecule has 1 fully saturated rings. The number of nitrogens with two attached hydrogens (primary N) is 1. The molecule has 2 aliphatic heterocycles. The Labute approximate surface area is 167 Å². The molecule has 1 unspecified atom stereocenters. The Morgan fingerprint density at radius 2 is 1.97 bits per heavy atom. The first-order valence-electron chi connectivity index (χ1n) is 9.21. The third-order valence-corrected chi connectivity index (χ3v) is 5.43. The number of primary amides is 1. The lowest BCUT2D eigenvalue weighted by atomic mass is 9.97. The number of hydrogen-bond donors (Lipinski definition) is 2. The number of halogens is 1. The number of nitrogens with zero attached hydrogens (tertiary/aromatic N) is 2. The van der Waals surface area contributed by atoms with E-state index in [1.54, 1.807) is 20.3 Å². The van der Waals surface area contributed by atoms with Crippen LogP contribution in [0.1, 0.15) is 28.8 Å². The van der Waals surface area contributed by atoms with Crippen LogP contribution in [0.3, 0.4) is 0 Å². The lowest BCUT2D eigenvalue weighted by Gasteiger charge is -2.43. The van der Waals surface area contributed by atoms with E-state index in [4.69, 9.17) is 20.3 Å². The Balaban J connectivity index is 1.77. The molecule has 1 atom stereocenters. The van der Waals surface area contributed by atoms with E-state index >= 15 is 0 Å². The Hall–Kier alpha value is -2.72. The third-order valence-electron chi connectivity index (χ3n) is 5.43. The summed E-state index contributed by atoms with van der Waals surface area (Å²) in [7, 11) is 3.12. The monoisotopic (exact) mass is 409 g/mol. The van der Waals surface area contributed by atoms with Crippen LogP contribution in [-0.2, 0) is 25.6 Å². The summed E-state index contributed by atoms with van der Waals surface area (Å²) in [6, 6.07) is 1.91. The summed E-state index contributed by atoms with van der Waals surface area (Å²) >= 11 is 0. The highest BCUT2D eigenvalue weighted by Crippen LogP contribution is 2.35. The number of anilines is 1. The van der Waals surface area contributed by atoms with Crippen molar-refractivity contribution in [2.45, 2.75) is 31.7 Å². The highest BCUT2D eigenvalue weighted by Gasteiger charge is 2.39. The Morgan fingerprint density at radius 1 is 1.31 bits per heavy atom. The maximum Gasteiger partial charge on any atom is 0.303 e. The number of carboxylic acid groups (broad SMARTS) is 1. The molecule has 0 radical (unpaired) electrons. The van der Waals surface area contributed by atoms with Crippen LogP contribution in [-0.4, -0.2) is 67.4 Å². The Bertz CT molecular complexity index is 822. The highest BCUT2D eigenvalue weighted by atomic mass is 19.1. The molecular formula is C19H24FN3O6. The third kappa shape index (κ3) is 4.03. The molecule has 1 aromatic rings. The average molecular weight is 409 g/mol. The van der Waals surface area contributed by atoms with Crippen molar-refractivity contribution in [3.05, 3.63) is 29.1 Å². The summed E-state index contributed by atoms with van der Waals surface area (Å²) < 4.78 is 25.2. The molecule has 0 aromatic heterocycles. The van der Waals surface area contributed by atoms with E-state index < -0.39 is 29.6 Å². The van der Waals surface area contributed by atoms with Crippen molar-refractivity contribution in [3.8, 4) is 0 Å². The van der Waals surface area contributed by atoms with E-state index in [0.717, 1.165) is 4.90 Å². The van der Waals surface area contributed by atoms with Crippen LogP contribution in [0.15, 0.2) is 12.1 Å². The normalized spacial score (nSPS) is 17.4. The van der Waals surface area contributed by atoms with Gasteiger partial charge in [-0.3, -0.25) is 14.4 Å². The first-order valence-corrected chi connectivity index (χ1v) is 9.21. The number of rotatable bonds is 9. The number of fused-ring (bicyclic) bond motifs is 1. The summed E-state index contributed by atoms with van der Waals surface area (Å²) in [6.45, 7) is 1.23. The van der Waals surface area contributed by atoms with Crippen LogP contribution in [0.5, 0.6) is 0 Å². The Morgan fingerprint density at radius 3 is 2.52 bits per heavy atom. The maximum atomic E-state index is 14.7. The summed E-state index contributed by atoms with van der Waals surface area (Å²) in [5.74, 6) is -3.10. The molecule has 1 aromatic carbocycles. The van der Waals surface area contributed by atoms with E-state index in [9.17, 15) is 18.8 Å². The number of ether oxygens (including phenoxy) is 2. The van der Waals surface area contributed by atoms with Gasteiger partial charge in [0.05, 0.1) is 5.56 Å². The van der Waals surface area contributed by atoms with Crippen molar-refractivity contribution < 1.29 is 33.4 Å². The zero-order chi connectivity index (χ0) is 21.3. The molecule has 2 heterocycles. The van der Waals surface area contributed by atoms with Crippen LogP contribution in [0.25, 0.3) is 0 Å². The lowest BCUT2D eigenvalue weighted by molar-refractivity contribution is -0.142. The second kappa shape index (κ2) is 8.34. The van der Waals surface area contributed by atoms with Crippen LogP contribution in [0.4, 0.5) is 10.1 Å². The van der Waals surface area contributed by atoms with Crippen molar-refractivity contribution in [2.75, 3.05) is 32.2 Å². The fourth-order valence-corrected chi connectivity index (χ4v) is 3.93. The largest absolute Gasteiger partial charge is 0.481 e.